The number of carbonyl (C=O) groups excluding carboxylic acids is 1. The van der Waals surface area contributed by atoms with Gasteiger partial charge in [0.25, 0.3) is 0 Å². The molecule has 0 saturated carbocycles. The first-order valence-electron chi connectivity index (χ1n) is 11.8. The van der Waals surface area contributed by atoms with Crippen LogP contribution in [0.15, 0.2) is 54.6 Å². The molecule has 0 atom stereocenters. The standard InChI is InChI=1S/C28H30IN3O2/c1-18-20(16-30)15-26(19(2)27(18)29)31-11-13-32(14-12-31)28(33)34-17-25-23-9-5-3-7-21(23)22-8-4-6-10-24(22)25/h3-10,15,25H,11-14,16-17,30H2,1-2H3. The maximum absolute atomic E-state index is 13.0. The van der Waals surface area contributed by atoms with E-state index in [0.29, 0.717) is 26.2 Å². The van der Waals surface area contributed by atoms with Crippen LogP contribution >= 0.6 is 22.6 Å². The molecule has 1 fully saturated rings. The van der Waals surface area contributed by atoms with Gasteiger partial charge >= 0.3 is 6.09 Å². The Morgan fingerprint density at radius 2 is 1.56 bits per heavy atom. The van der Waals surface area contributed by atoms with E-state index in [1.54, 1.807) is 0 Å². The lowest BCUT2D eigenvalue weighted by atomic mass is 9.98. The molecule has 176 valence electrons. The molecule has 0 aromatic heterocycles. The third kappa shape index (κ3) is 4.07. The van der Waals surface area contributed by atoms with E-state index in [2.05, 4.69) is 95.9 Å². The van der Waals surface area contributed by atoms with Gasteiger partial charge in [-0.15, -0.1) is 0 Å². The molecule has 5 rings (SSSR count). The van der Waals surface area contributed by atoms with Crippen molar-refractivity contribution in [1.29, 1.82) is 0 Å². The van der Waals surface area contributed by atoms with E-state index in [9.17, 15) is 4.79 Å². The molecule has 0 spiro atoms. The van der Waals surface area contributed by atoms with E-state index in [-0.39, 0.29) is 12.0 Å². The average Bonchev–Trinajstić information content (AvgIpc) is 3.20. The van der Waals surface area contributed by atoms with Gasteiger partial charge in [0.05, 0.1) is 0 Å². The summed E-state index contributed by atoms with van der Waals surface area (Å²) in [6.45, 7) is 8.08. The average molecular weight is 567 g/mol. The molecule has 6 heteroatoms. The van der Waals surface area contributed by atoms with Crippen LogP contribution in [0.3, 0.4) is 0 Å². The Bertz CT molecular complexity index is 1190. The minimum Gasteiger partial charge on any atom is -0.448 e. The summed E-state index contributed by atoms with van der Waals surface area (Å²) < 4.78 is 7.14. The lowest BCUT2D eigenvalue weighted by molar-refractivity contribution is 0.0977. The minimum absolute atomic E-state index is 0.0876. The van der Waals surface area contributed by atoms with Crippen LogP contribution in [0.1, 0.15) is 33.7 Å². The second-order valence-corrected chi connectivity index (χ2v) is 10.2. The van der Waals surface area contributed by atoms with E-state index in [4.69, 9.17) is 10.5 Å². The minimum atomic E-state index is -0.223. The Morgan fingerprint density at radius 1 is 0.971 bits per heavy atom. The van der Waals surface area contributed by atoms with E-state index >= 15 is 0 Å². The Hall–Kier alpha value is -2.58. The molecule has 3 aromatic carbocycles. The quantitative estimate of drug-likeness (QED) is 0.427. The zero-order chi connectivity index (χ0) is 23.8. The summed E-state index contributed by atoms with van der Waals surface area (Å²) in [6, 6.07) is 19.1. The van der Waals surface area contributed by atoms with Crippen molar-refractivity contribution in [3.63, 3.8) is 0 Å². The number of halogens is 1. The number of ether oxygens (including phenoxy) is 1. The Kier molecular flexibility index (Phi) is 6.53. The van der Waals surface area contributed by atoms with Gasteiger partial charge in [-0.2, -0.15) is 0 Å². The van der Waals surface area contributed by atoms with Crippen molar-refractivity contribution in [1.82, 2.24) is 4.90 Å². The van der Waals surface area contributed by atoms with Crippen LogP contribution in [0.5, 0.6) is 0 Å². The van der Waals surface area contributed by atoms with Gasteiger partial charge in [0, 0.05) is 47.9 Å². The summed E-state index contributed by atoms with van der Waals surface area (Å²) in [7, 11) is 0. The molecule has 1 heterocycles. The zero-order valence-corrected chi connectivity index (χ0v) is 21.8. The monoisotopic (exact) mass is 567 g/mol. The van der Waals surface area contributed by atoms with Crippen LogP contribution in [0, 0.1) is 17.4 Å². The number of hydrogen-bond donors (Lipinski definition) is 1. The number of anilines is 1. The van der Waals surface area contributed by atoms with Crippen molar-refractivity contribution in [3.05, 3.63) is 86.0 Å². The largest absolute Gasteiger partial charge is 0.448 e. The van der Waals surface area contributed by atoms with Crippen molar-refractivity contribution in [2.24, 2.45) is 5.73 Å². The number of carbonyl (C=O) groups is 1. The van der Waals surface area contributed by atoms with Gasteiger partial charge in [-0.1, -0.05) is 48.5 Å². The molecule has 1 aliphatic carbocycles. The number of piperazine rings is 1. The van der Waals surface area contributed by atoms with Gasteiger partial charge in [0.2, 0.25) is 0 Å². The Morgan fingerprint density at radius 3 is 2.15 bits per heavy atom. The van der Waals surface area contributed by atoms with E-state index in [1.165, 1.54) is 48.2 Å². The maximum Gasteiger partial charge on any atom is 0.409 e. The molecule has 1 amide bonds. The fourth-order valence-electron chi connectivity index (χ4n) is 5.27. The highest BCUT2D eigenvalue weighted by molar-refractivity contribution is 14.1. The van der Waals surface area contributed by atoms with Crippen molar-refractivity contribution in [2.75, 3.05) is 37.7 Å². The predicted octanol–water partition coefficient (Wildman–Crippen LogP) is 5.44. The van der Waals surface area contributed by atoms with Crippen molar-refractivity contribution in [3.8, 4) is 11.1 Å². The van der Waals surface area contributed by atoms with Gasteiger partial charge in [-0.25, -0.2) is 4.79 Å². The third-order valence-corrected chi connectivity index (χ3v) is 8.89. The van der Waals surface area contributed by atoms with E-state index < -0.39 is 0 Å². The first-order chi connectivity index (χ1) is 16.5. The van der Waals surface area contributed by atoms with Gasteiger partial charge < -0.3 is 20.3 Å². The van der Waals surface area contributed by atoms with Crippen molar-refractivity contribution in [2.45, 2.75) is 26.3 Å². The number of nitrogens with zero attached hydrogens (tertiary/aromatic N) is 2. The molecular formula is C28H30IN3O2. The topological polar surface area (TPSA) is 58.8 Å². The molecule has 3 aromatic rings. The fraction of sp³-hybridized carbons (Fsp3) is 0.321. The number of benzene rings is 3. The normalized spacial score (nSPS) is 15.3. The molecule has 0 radical (unpaired) electrons. The van der Waals surface area contributed by atoms with Crippen LogP contribution in [0.25, 0.3) is 11.1 Å². The predicted molar refractivity (Wildman–Crippen MR) is 145 cm³/mol. The molecule has 2 aliphatic rings. The van der Waals surface area contributed by atoms with Crippen LogP contribution in [0.4, 0.5) is 10.5 Å². The molecule has 34 heavy (non-hydrogen) atoms. The van der Waals surface area contributed by atoms with Gasteiger partial charge in [-0.3, -0.25) is 0 Å². The highest BCUT2D eigenvalue weighted by atomic mass is 127. The number of nitrogens with two attached hydrogens (primary N) is 1. The lowest BCUT2D eigenvalue weighted by Gasteiger charge is -2.37. The van der Waals surface area contributed by atoms with Crippen LogP contribution in [-0.4, -0.2) is 43.8 Å². The second kappa shape index (κ2) is 9.58. The highest BCUT2D eigenvalue weighted by Crippen LogP contribution is 2.44. The first kappa shape index (κ1) is 23.2. The third-order valence-electron chi connectivity index (χ3n) is 7.27. The Labute approximate surface area is 215 Å². The van der Waals surface area contributed by atoms with E-state index in [1.807, 2.05) is 4.90 Å². The number of amides is 1. The van der Waals surface area contributed by atoms with Crippen LogP contribution in [0.2, 0.25) is 0 Å². The van der Waals surface area contributed by atoms with Crippen LogP contribution < -0.4 is 10.6 Å². The van der Waals surface area contributed by atoms with Gasteiger partial charge in [0.15, 0.2) is 0 Å². The van der Waals surface area contributed by atoms with Gasteiger partial charge in [-0.05, 0) is 81.4 Å². The van der Waals surface area contributed by atoms with Crippen molar-refractivity contribution < 1.29 is 9.53 Å². The zero-order valence-electron chi connectivity index (χ0n) is 19.7. The summed E-state index contributed by atoms with van der Waals surface area (Å²) in [5, 5.41) is 0. The molecule has 5 nitrogen and oxygen atoms in total. The van der Waals surface area contributed by atoms with E-state index in [0.717, 1.165) is 13.1 Å². The fourth-order valence-corrected chi connectivity index (χ4v) is 5.89. The highest BCUT2D eigenvalue weighted by Gasteiger charge is 2.30. The lowest BCUT2D eigenvalue weighted by Crippen LogP contribution is -2.49. The SMILES string of the molecule is Cc1c(CN)cc(N2CCN(C(=O)OCC3c4ccccc4-c4ccccc43)CC2)c(C)c1I. The number of hydrogen-bond acceptors (Lipinski definition) is 4. The molecular weight excluding hydrogens is 537 g/mol. The Balaban J connectivity index is 1.24. The molecule has 1 aliphatic heterocycles. The number of fused-ring (bicyclic) bond motifs is 3. The summed E-state index contributed by atoms with van der Waals surface area (Å²) in [5.74, 6) is 0.0876. The summed E-state index contributed by atoms with van der Waals surface area (Å²) >= 11 is 2.42. The molecule has 2 N–H and O–H groups in total. The first-order valence-corrected chi connectivity index (χ1v) is 12.9. The molecule has 0 bridgehead atoms. The number of rotatable bonds is 4. The molecule has 1 saturated heterocycles. The summed E-state index contributed by atoms with van der Waals surface area (Å²) in [6.07, 6.45) is -0.223. The smallest absolute Gasteiger partial charge is 0.409 e. The second-order valence-electron chi connectivity index (χ2n) is 9.10. The summed E-state index contributed by atoms with van der Waals surface area (Å²) in [5.41, 5.74) is 15.9. The van der Waals surface area contributed by atoms with Crippen molar-refractivity contribution >= 4 is 34.4 Å². The maximum atomic E-state index is 13.0. The van der Waals surface area contributed by atoms with Crippen LogP contribution in [-0.2, 0) is 11.3 Å². The molecule has 0 unspecified atom stereocenters. The van der Waals surface area contributed by atoms with Gasteiger partial charge in [0.1, 0.15) is 6.61 Å². The summed E-state index contributed by atoms with van der Waals surface area (Å²) in [4.78, 5) is 17.2.